The monoisotopic (exact) mass is 537 g/mol. The lowest BCUT2D eigenvalue weighted by atomic mass is 10.2. The maximum Gasteiger partial charge on any atom is 0.263 e. The number of aliphatic hydroxyl groups is 2. The van der Waals surface area contributed by atoms with Crippen LogP contribution >= 0.6 is 23.2 Å². The second-order valence-corrected chi connectivity index (χ2v) is 10.2. The average molecular weight is 538 g/mol. The first-order chi connectivity index (χ1) is 16.7. The van der Waals surface area contributed by atoms with E-state index in [0.717, 1.165) is 0 Å². The first kappa shape index (κ1) is 25.1. The molecule has 4 N–H and O–H groups in total. The van der Waals surface area contributed by atoms with Gasteiger partial charge < -0.3 is 14.9 Å². The number of benzene rings is 2. The predicted octanol–water partition coefficient (Wildman–Crippen LogP) is 3.42. The molecule has 2 heterocycles. The Balaban J connectivity index is 1.62. The molecule has 0 radical (unpaired) electrons. The summed E-state index contributed by atoms with van der Waals surface area (Å²) in [7, 11) is -3.97. The van der Waals surface area contributed by atoms with E-state index in [0.29, 0.717) is 33.8 Å². The van der Waals surface area contributed by atoms with E-state index in [1.807, 2.05) is 0 Å². The van der Waals surface area contributed by atoms with Crippen molar-refractivity contribution < 1.29 is 23.4 Å². The molecule has 2 aromatic carbocycles. The smallest absolute Gasteiger partial charge is 0.263 e. The minimum Gasteiger partial charge on any atom is -0.477 e. The molecule has 0 saturated carbocycles. The summed E-state index contributed by atoms with van der Waals surface area (Å²) in [6.45, 7) is 1.38. The average Bonchev–Trinajstić information content (AvgIpc) is 3.22. The molecule has 0 spiro atoms. The van der Waals surface area contributed by atoms with Crippen molar-refractivity contribution in [3.63, 3.8) is 0 Å². The molecule has 0 aliphatic carbocycles. The molecular weight excluding hydrogens is 517 g/mol. The fraction of sp³-hybridized carbons (Fsp3) is 0.227. The second kappa shape index (κ2) is 10.3. The standard InChI is InChI=1S/C22H21Cl2N5O5S/c1-12-19-21(28-27-12)25-20(26-22(19)34-11-13(9-30)10-31)14-2-5-16(6-3-14)29-35(32,33)18-8-15(23)4-7-17(18)24/h2-8,13,29-31H,9-11H2,1H3,(H,25,26,27,28). The van der Waals surface area contributed by atoms with Crippen LogP contribution in [0.4, 0.5) is 5.69 Å². The third-order valence-electron chi connectivity index (χ3n) is 5.11. The van der Waals surface area contributed by atoms with E-state index in [1.165, 1.54) is 18.2 Å². The highest BCUT2D eigenvalue weighted by atomic mass is 35.5. The highest BCUT2D eigenvalue weighted by molar-refractivity contribution is 7.92. The van der Waals surface area contributed by atoms with Crippen LogP contribution in [0.1, 0.15) is 5.69 Å². The molecule has 4 aromatic rings. The van der Waals surface area contributed by atoms with Crippen molar-refractivity contribution >= 4 is 49.9 Å². The Labute approximate surface area is 211 Å². The Morgan fingerprint density at radius 2 is 1.80 bits per heavy atom. The van der Waals surface area contributed by atoms with Crippen molar-refractivity contribution in [2.45, 2.75) is 11.8 Å². The number of aromatic nitrogens is 4. The predicted molar refractivity (Wildman–Crippen MR) is 132 cm³/mol. The Bertz CT molecular complexity index is 1460. The van der Waals surface area contributed by atoms with Crippen molar-refractivity contribution in [1.29, 1.82) is 0 Å². The van der Waals surface area contributed by atoms with Gasteiger partial charge in [0, 0.05) is 27.9 Å². The molecule has 0 unspecified atom stereocenters. The quantitative estimate of drug-likeness (QED) is 0.253. The number of hydrogen-bond acceptors (Lipinski definition) is 8. The number of nitrogens with zero attached hydrogens (tertiary/aromatic N) is 3. The highest BCUT2D eigenvalue weighted by Gasteiger charge is 2.20. The topological polar surface area (TPSA) is 150 Å². The zero-order valence-corrected chi connectivity index (χ0v) is 20.7. The van der Waals surface area contributed by atoms with E-state index in [1.54, 1.807) is 31.2 Å². The number of aromatic amines is 1. The van der Waals surface area contributed by atoms with Gasteiger partial charge in [-0.1, -0.05) is 23.2 Å². The lowest BCUT2D eigenvalue weighted by Crippen LogP contribution is -2.20. The van der Waals surface area contributed by atoms with Gasteiger partial charge in [0.05, 0.1) is 24.8 Å². The third kappa shape index (κ3) is 5.49. The number of hydrogen-bond donors (Lipinski definition) is 4. The second-order valence-electron chi connectivity index (χ2n) is 7.70. The number of H-pyrrole nitrogens is 1. The summed E-state index contributed by atoms with van der Waals surface area (Å²) in [6.07, 6.45) is 0. The normalized spacial score (nSPS) is 11.8. The van der Waals surface area contributed by atoms with Gasteiger partial charge in [0.1, 0.15) is 10.3 Å². The SMILES string of the molecule is Cc1[nH]nc2nc(-c3ccc(NS(=O)(=O)c4cc(Cl)ccc4Cl)cc3)nc(OCC(CO)CO)c12. The van der Waals surface area contributed by atoms with Gasteiger partial charge in [-0.15, -0.1) is 0 Å². The molecular formula is C22H21Cl2N5O5S. The Morgan fingerprint density at radius 3 is 2.49 bits per heavy atom. The van der Waals surface area contributed by atoms with Crippen LogP contribution in [-0.4, -0.2) is 58.6 Å². The van der Waals surface area contributed by atoms with Gasteiger partial charge >= 0.3 is 0 Å². The number of ether oxygens (including phenoxy) is 1. The number of sulfonamides is 1. The van der Waals surface area contributed by atoms with Gasteiger partial charge in [0.2, 0.25) is 5.88 Å². The van der Waals surface area contributed by atoms with Crippen molar-refractivity contribution in [3.8, 4) is 17.3 Å². The zero-order valence-electron chi connectivity index (χ0n) is 18.4. The first-order valence-electron chi connectivity index (χ1n) is 10.4. The molecule has 2 aromatic heterocycles. The van der Waals surface area contributed by atoms with Crippen molar-refractivity contribution in [2.75, 3.05) is 24.5 Å². The number of halogens is 2. The van der Waals surface area contributed by atoms with Gasteiger partial charge in [-0.2, -0.15) is 10.1 Å². The van der Waals surface area contributed by atoms with Crippen LogP contribution in [0.25, 0.3) is 22.4 Å². The van der Waals surface area contributed by atoms with E-state index in [4.69, 9.17) is 27.9 Å². The van der Waals surface area contributed by atoms with Crippen LogP contribution in [0.5, 0.6) is 5.88 Å². The Morgan fingerprint density at radius 1 is 1.09 bits per heavy atom. The molecule has 13 heteroatoms. The van der Waals surface area contributed by atoms with Gasteiger partial charge in [-0.3, -0.25) is 9.82 Å². The van der Waals surface area contributed by atoms with Crippen LogP contribution < -0.4 is 9.46 Å². The van der Waals surface area contributed by atoms with E-state index in [2.05, 4.69) is 24.9 Å². The number of aliphatic hydroxyl groups excluding tert-OH is 2. The van der Waals surface area contributed by atoms with Crippen LogP contribution in [0.2, 0.25) is 10.0 Å². The number of nitrogens with one attached hydrogen (secondary N) is 2. The lowest BCUT2D eigenvalue weighted by molar-refractivity contribution is 0.105. The fourth-order valence-electron chi connectivity index (χ4n) is 3.20. The number of fused-ring (bicyclic) bond motifs is 1. The van der Waals surface area contributed by atoms with E-state index >= 15 is 0 Å². The molecule has 35 heavy (non-hydrogen) atoms. The van der Waals surface area contributed by atoms with Crippen molar-refractivity contribution in [3.05, 3.63) is 58.2 Å². The summed E-state index contributed by atoms with van der Waals surface area (Å²) in [6, 6.07) is 10.6. The minimum atomic E-state index is -3.97. The van der Waals surface area contributed by atoms with Crippen LogP contribution in [0, 0.1) is 12.8 Å². The van der Waals surface area contributed by atoms with E-state index in [9.17, 15) is 18.6 Å². The molecule has 0 aliphatic rings. The summed E-state index contributed by atoms with van der Waals surface area (Å²) >= 11 is 12.0. The molecule has 184 valence electrons. The van der Waals surface area contributed by atoms with Crippen LogP contribution in [0.3, 0.4) is 0 Å². The molecule has 4 rings (SSSR count). The molecule has 10 nitrogen and oxygen atoms in total. The van der Waals surface area contributed by atoms with Crippen molar-refractivity contribution in [2.24, 2.45) is 5.92 Å². The maximum atomic E-state index is 12.8. The third-order valence-corrected chi connectivity index (χ3v) is 7.21. The molecule has 0 fully saturated rings. The van der Waals surface area contributed by atoms with Crippen LogP contribution in [0.15, 0.2) is 47.4 Å². The summed E-state index contributed by atoms with van der Waals surface area (Å²) in [5, 5.41) is 26.5. The zero-order chi connectivity index (χ0) is 25.2. The van der Waals surface area contributed by atoms with Crippen LogP contribution in [-0.2, 0) is 10.0 Å². The number of aryl methyl sites for hydroxylation is 1. The Hall–Kier alpha value is -2.96. The summed E-state index contributed by atoms with van der Waals surface area (Å²) in [5.41, 5.74) is 1.97. The molecule has 0 saturated heterocycles. The number of rotatable bonds is 9. The molecule has 0 bridgehead atoms. The van der Waals surface area contributed by atoms with E-state index in [-0.39, 0.29) is 40.6 Å². The van der Waals surface area contributed by atoms with Crippen molar-refractivity contribution in [1.82, 2.24) is 20.2 Å². The largest absolute Gasteiger partial charge is 0.477 e. The fourth-order valence-corrected chi connectivity index (χ4v) is 5.03. The van der Waals surface area contributed by atoms with E-state index < -0.39 is 15.9 Å². The molecule has 0 aliphatic heterocycles. The summed E-state index contributed by atoms with van der Waals surface area (Å²) < 4.78 is 33.8. The summed E-state index contributed by atoms with van der Waals surface area (Å²) in [4.78, 5) is 8.82. The minimum absolute atomic E-state index is 0.0479. The summed E-state index contributed by atoms with van der Waals surface area (Å²) in [5.74, 6) is 0.0929. The lowest BCUT2D eigenvalue weighted by Gasteiger charge is -2.13. The van der Waals surface area contributed by atoms with Gasteiger partial charge in [0.25, 0.3) is 10.0 Å². The van der Waals surface area contributed by atoms with Gasteiger partial charge in [-0.05, 0) is 49.4 Å². The Kier molecular flexibility index (Phi) is 7.43. The van der Waals surface area contributed by atoms with Gasteiger partial charge in [-0.25, -0.2) is 13.4 Å². The first-order valence-corrected chi connectivity index (χ1v) is 12.6. The molecule has 0 atom stereocenters. The van der Waals surface area contributed by atoms with Gasteiger partial charge in [0.15, 0.2) is 11.5 Å². The number of anilines is 1. The highest BCUT2D eigenvalue weighted by Crippen LogP contribution is 2.30. The molecule has 0 amide bonds. The maximum absolute atomic E-state index is 12.8.